The Hall–Kier alpha value is -3.21. The SMILES string of the molecule is NC1CCN(c2cnc(-c3cccc4c3CNC4=O)cn2)C1.O=C(O)C(F)(F)F. The average Bonchev–Trinajstić information content (AvgIpc) is 3.28. The number of nitrogens with two attached hydrogens (primary N) is 1. The van der Waals surface area contributed by atoms with E-state index in [1.165, 1.54) is 0 Å². The minimum absolute atomic E-state index is 0.0208. The highest BCUT2D eigenvalue weighted by atomic mass is 19.4. The number of rotatable bonds is 2. The third-order valence-electron chi connectivity index (χ3n) is 4.55. The molecule has 0 radical (unpaired) electrons. The smallest absolute Gasteiger partial charge is 0.475 e. The molecule has 11 heteroatoms. The van der Waals surface area contributed by atoms with Crippen LogP contribution in [0.4, 0.5) is 19.0 Å². The molecule has 1 unspecified atom stereocenters. The molecule has 1 atom stereocenters. The number of halogens is 3. The van der Waals surface area contributed by atoms with Crippen LogP contribution in [0.25, 0.3) is 11.3 Å². The van der Waals surface area contributed by atoms with E-state index in [4.69, 9.17) is 15.6 Å². The molecule has 0 saturated carbocycles. The van der Waals surface area contributed by atoms with Crippen molar-refractivity contribution in [3.63, 3.8) is 0 Å². The Morgan fingerprint density at radius 1 is 1.24 bits per heavy atom. The van der Waals surface area contributed by atoms with E-state index in [0.717, 1.165) is 47.7 Å². The zero-order valence-electron chi connectivity index (χ0n) is 15.1. The number of hydrogen-bond donors (Lipinski definition) is 3. The molecule has 1 aromatic carbocycles. The van der Waals surface area contributed by atoms with E-state index in [0.29, 0.717) is 6.54 Å². The Morgan fingerprint density at radius 2 is 1.93 bits per heavy atom. The van der Waals surface area contributed by atoms with Crippen LogP contribution < -0.4 is 16.0 Å². The number of carboxylic acid groups (broad SMARTS) is 1. The Balaban J connectivity index is 0.000000298. The number of hydrogen-bond acceptors (Lipinski definition) is 6. The molecule has 1 aromatic heterocycles. The number of carbonyl (C=O) groups excluding carboxylic acids is 1. The standard InChI is InChI=1S/C16H17N5O.C2HF3O2/c17-10-4-5-21(9-10)15-8-18-14(7-19-15)11-2-1-3-12-13(11)6-20-16(12)22;3-2(4,5)1(6)7/h1-3,7-8,10H,4-6,9,17H2,(H,20,22);(H,6,7). The van der Waals surface area contributed by atoms with Gasteiger partial charge in [-0.1, -0.05) is 12.1 Å². The lowest BCUT2D eigenvalue weighted by atomic mass is 10.0. The van der Waals surface area contributed by atoms with E-state index in [-0.39, 0.29) is 11.9 Å². The second-order valence-corrected chi connectivity index (χ2v) is 6.57. The highest BCUT2D eigenvalue weighted by Gasteiger charge is 2.38. The molecule has 0 aliphatic carbocycles. The highest BCUT2D eigenvalue weighted by Crippen LogP contribution is 2.28. The zero-order valence-corrected chi connectivity index (χ0v) is 15.1. The second-order valence-electron chi connectivity index (χ2n) is 6.57. The summed E-state index contributed by atoms with van der Waals surface area (Å²) in [4.78, 5) is 31.8. The van der Waals surface area contributed by atoms with Gasteiger partial charge in [-0.2, -0.15) is 13.2 Å². The number of benzene rings is 1. The van der Waals surface area contributed by atoms with Crippen LogP contribution >= 0.6 is 0 Å². The highest BCUT2D eigenvalue weighted by molar-refractivity contribution is 6.00. The van der Waals surface area contributed by atoms with Crippen LogP contribution in [-0.4, -0.2) is 52.3 Å². The van der Waals surface area contributed by atoms with Crippen LogP contribution in [0, 0.1) is 0 Å². The maximum atomic E-state index is 11.7. The minimum Gasteiger partial charge on any atom is -0.475 e. The molecule has 0 spiro atoms. The van der Waals surface area contributed by atoms with Crippen molar-refractivity contribution >= 4 is 17.7 Å². The van der Waals surface area contributed by atoms with Crippen molar-refractivity contribution in [1.29, 1.82) is 0 Å². The molecule has 1 amide bonds. The first-order valence-corrected chi connectivity index (χ1v) is 8.70. The first kappa shape index (κ1) is 20.5. The molecule has 2 aliphatic heterocycles. The number of amides is 1. The lowest BCUT2D eigenvalue weighted by molar-refractivity contribution is -0.192. The van der Waals surface area contributed by atoms with E-state index >= 15 is 0 Å². The molecule has 2 aliphatic rings. The first-order valence-electron chi connectivity index (χ1n) is 8.70. The van der Waals surface area contributed by atoms with E-state index < -0.39 is 12.1 Å². The largest absolute Gasteiger partial charge is 0.490 e. The van der Waals surface area contributed by atoms with Crippen molar-refractivity contribution in [3.8, 4) is 11.3 Å². The van der Waals surface area contributed by atoms with Gasteiger partial charge in [0.1, 0.15) is 5.82 Å². The number of aliphatic carboxylic acids is 1. The third kappa shape index (κ3) is 4.62. The Morgan fingerprint density at radius 3 is 2.48 bits per heavy atom. The molecular weight excluding hydrogens is 391 g/mol. The lowest BCUT2D eigenvalue weighted by Crippen LogP contribution is -2.26. The van der Waals surface area contributed by atoms with Gasteiger partial charge in [0.15, 0.2) is 0 Å². The number of carbonyl (C=O) groups is 2. The predicted molar refractivity (Wildman–Crippen MR) is 97.1 cm³/mol. The van der Waals surface area contributed by atoms with Crippen molar-refractivity contribution in [2.75, 3.05) is 18.0 Å². The van der Waals surface area contributed by atoms with Gasteiger partial charge in [0.2, 0.25) is 0 Å². The number of nitrogens with zero attached hydrogens (tertiary/aromatic N) is 3. The Kier molecular flexibility index (Phi) is 5.69. The number of carboxylic acids is 1. The van der Waals surface area contributed by atoms with Crippen molar-refractivity contribution in [2.45, 2.75) is 25.2 Å². The molecule has 4 rings (SSSR count). The van der Waals surface area contributed by atoms with Gasteiger partial charge in [0.05, 0.1) is 18.1 Å². The van der Waals surface area contributed by atoms with Crippen molar-refractivity contribution in [3.05, 3.63) is 41.7 Å². The molecule has 1 fully saturated rings. The summed E-state index contributed by atoms with van der Waals surface area (Å²) in [6, 6.07) is 5.92. The molecule has 1 saturated heterocycles. The van der Waals surface area contributed by atoms with Crippen molar-refractivity contribution < 1.29 is 27.9 Å². The number of nitrogens with one attached hydrogen (secondary N) is 1. The summed E-state index contributed by atoms with van der Waals surface area (Å²) >= 11 is 0. The molecule has 8 nitrogen and oxygen atoms in total. The number of aromatic nitrogens is 2. The van der Waals surface area contributed by atoms with Crippen LogP contribution in [0.2, 0.25) is 0 Å². The van der Waals surface area contributed by atoms with Gasteiger partial charge >= 0.3 is 12.1 Å². The quantitative estimate of drug-likeness (QED) is 0.688. The molecule has 2 aromatic rings. The van der Waals surface area contributed by atoms with Crippen molar-refractivity contribution in [1.82, 2.24) is 15.3 Å². The number of anilines is 1. The topological polar surface area (TPSA) is 121 Å². The first-order chi connectivity index (χ1) is 13.7. The predicted octanol–water partition coefficient (Wildman–Crippen LogP) is 1.56. The maximum absolute atomic E-state index is 11.7. The number of fused-ring (bicyclic) bond motifs is 1. The van der Waals surface area contributed by atoms with Crippen molar-refractivity contribution in [2.24, 2.45) is 5.73 Å². The van der Waals surface area contributed by atoms with Crippen LogP contribution in [0.5, 0.6) is 0 Å². The summed E-state index contributed by atoms with van der Waals surface area (Å²) < 4.78 is 31.7. The fourth-order valence-electron chi connectivity index (χ4n) is 3.11. The second kappa shape index (κ2) is 8.03. The molecule has 29 heavy (non-hydrogen) atoms. The number of alkyl halides is 3. The molecule has 154 valence electrons. The van der Waals surface area contributed by atoms with Crippen LogP contribution in [0.3, 0.4) is 0 Å². The summed E-state index contributed by atoms with van der Waals surface area (Å²) in [5, 5.41) is 9.97. The normalized spacial score (nSPS) is 18.0. The monoisotopic (exact) mass is 409 g/mol. The van der Waals surface area contributed by atoms with E-state index in [2.05, 4.69) is 20.2 Å². The average molecular weight is 409 g/mol. The Bertz CT molecular complexity index is 918. The molecule has 3 heterocycles. The van der Waals surface area contributed by atoms with Gasteiger partial charge in [-0.3, -0.25) is 9.78 Å². The van der Waals surface area contributed by atoms with Gasteiger partial charge in [-0.15, -0.1) is 0 Å². The lowest BCUT2D eigenvalue weighted by Gasteiger charge is -2.16. The fraction of sp³-hybridized carbons (Fsp3) is 0.333. The molecule has 4 N–H and O–H groups in total. The Labute approximate surface area is 163 Å². The van der Waals surface area contributed by atoms with Gasteiger partial charge in [-0.05, 0) is 18.1 Å². The molecule has 0 bridgehead atoms. The summed E-state index contributed by atoms with van der Waals surface area (Å²) in [5.41, 5.74) is 9.42. The van der Waals surface area contributed by atoms with Crippen LogP contribution in [0.1, 0.15) is 22.3 Å². The van der Waals surface area contributed by atoms with E-state index in [1.807, 2.05) is 18.2 Å². The summed E-state index contributed by atoms with van der Waals surface area (Å²) in [7, 11) is 0. The van der Waals surface area contributed by atoms with Gasteiger partial charge < -0.3 is 21.1 Å². The summed E-state index contributed by atoms with van der Waals surface area (Å²) in [6.07, 6.45) is -0.530. The molecular formula is C18H18F3N5O3. The van der Waals surface area contributed by atoms with Crippen LogP contribution in [0.15, 0.2) is 30.6 Å². The third-order valence-corrected chi connectivity index (χ3v) is 4.55. The maximum Gasteiger partial charge on any atom is 0.490 e. The van der Waals surface area contributed by atoms with E-state index in [1.54, 1.807) is 12.4 Å². The minimum atomic E-state index is -5.08. The zero-order chi connectivity index (χ0) is 21.2. The van der Waals surface area contributed by atoms with Gasteiger partial charge in [-0.25, -0.2) is 9.78 Å². The van der Waals surface area contributed by atoms with E-state index in [9.17, 15) is 18.0 Å². The van der Waals surface area contributed by atoms with Crippen LogP contribution in [-0.2, 0) is 11.3 Å². The fourth-order valence-corrected chi connectivity index (χ4v) is 3.11. The van der Waals surface area contributed by atoms with Gasteiger partial charge in [0.25, 0.3) is 5.91 Å². The summed E-state index contributed by atoms with van der Waals surface area (Å²) in [6.45, 7) is 2.30. The van der Waals surface area contributed by atoms with Gasteiger partial charge in [0, 0.05) is 36.8 Å². The summed E-state index contributed by atoms with van der Waals surface area (Å²) in [5.74, 6) is -1.92.